The van der Waals surface area contributed by atoms with Gasteiger partial charge in [-0.05, 0) is 35.0 Å². The van der Waals surface area contributed by atoms with Gasteiger partial charge in [0.25, 0.3) is 0 Å². The fourth-order valence-electron chi connectivity index (χ4n) is 1.93. The van der Waals surface area contributed by atoms with E-state index in [-0.39, 0.29) is 0 Å². The SMILES string of the molecule is CCc1nc(N)cc(Nc2ccc3sccc3c2)n1. The van der Waals surface area contributed by atoms with Gasteiger partial charge in [0.15, 0.2) is 0 Å². The number of hydrogen-bond donors (Lipinski definition) is 2. The number of aryl methyl sites for hydroxylation is 1. The fraction of sp³-hybridized carbons (Fsp3) is 0.143. The lowest BCUT2D eigenvalue weighted by atomic mass is 10.2. The van der Waals surface area contributed by atoms with Crippen LogP contribution in [0, 0.1) is 0 Å². The van der Waals surface area contributed by atoms with Gasteiger partial charge in [0.05, 0.1) is 0 Å². The zero-order chi connectivity index (χ0) is 13.2. The first kappa shape index (κ1) is 11.9. The van der Waals surface area contributed by atoms with E-state index in [1.807, 2.05) is 13.0 Å². The van der Waals surface area contributed by atoms with Crippen LogP contribution in [0.1, 0.15) is 12.7 Å². The van der Waals surface area contributed by atoms with E-state index in [9.17, 15) is 0 Å². The van der Waals surface area contributed by atoms with Crippen molar-refractivity contribution < 1.29 is 0 Å². The summed E-state index contributed by atoms with van der Waals surface area (Å²) >= 11 is 1.74. The molecule has 5 heteroatoms. The Balaban J connectivity index is 1.93. The predicted octanol–water partition coefficient (Wildman–Crippen LogP) is 3.58. The molecule has 2 heterocycles. The minimum atomic E-state index is 0.492. The summed E-state index contributed by atoms with van der Waals surface area (Å²) in [6.45, 7) is 2.01. The zero-order valence-electron chi connectivity index (χ0n) is 10.6. The van der Waals surface area contributed by atoms with Crippen molar-refractivity contribution in [3.05, 3.63) is 41.5 Å². The third-order valence-corrected chi connectivity index (χ3v) is 3.73. The number of nitrogens with zero attached hydrogens (tertiary/aromatic N) is 2. The van der Waals surface area contributed by atoms with Crippen molar-refractivity contribution in [1.82, 2.24) is 9.97 Å². The third kappa shape index (κ3) is 2.51. The highest BCUT2D eigenvalue weighted by atomic mass is 32.1. The molecule has 1 aromatic carbocycles. The molecule has 0 bridgehead atoms. The number of aromatic nitrogens is 2. The lowest BCUT2D eigenvalue weighted by Gasteiger charge is -2.07. The summed E-state index contributed by atoms with van der Waals surface area (Å²) in [5, 5.41) is 6.59. The normalized spacial score (nSPS) is 10.8. The highest BCUT2D eigenvalue weighted by molar-refractivity contribution is 7.17. The molecule has 0 unspecified atom stereocenters. The van der Waals surface area contributed by atoms with Crippen LogP contribution in [0.25, 0.3) is 10.1 Å². The van der Waals surface area contributed by atoms with Gasteiger partial charge in [0, 0.05) is 22.9 Å². The largest absolute Gasteiger partial charge is 0.384 e. The van der Waals surface area contributed by atoms with Crippen molar-refractivity contribution in [3.8, 4) is 0 Å². The van der Waals surface area contributed by atoms with E-state index in [4.69, 9.17) is 5.73 Å². The molecule has 0 amide bonds. The first-order chi connectivity index (χ1) is 9.24. The Morgan fingerprint density at radius 3 is 2.95 bits per heavy atom. The molecule has 0 aliphatic carbocycles. The van der Waals surface area contributed by atoms with Gasteiger partial charge in [-0.25, -0.2) is 9.97 Å². The lowest BCUT2D eigenvalue weighted by Crippen LogP contribution is -2.02. The molecule has 3 rings (SSSR count). The third-order valence-electron chi connectivity index (χ3n) is 2.83. The van der Waals surface area contributed by atoms with Crippen LogP contribution >= 0.6 is 11.3 Å². The van der Waals surface area contributed by atoms with E-state index in [1.54, 1.807) is 17.4 Å². The minimum absolute atomic E-state index is 0.492. The van der Waals surface area contributed by atoms with Crippen LogP contribution in [0.5, 0.6) is 0 Å². The molecule has 0 saturated carbocycles. The number of nitrogens with two attached hydrogens (primary N) is 1. The van der Waals surface area contributed by atoms with Crippen molar-refractivity contribution >= 4 is 38.7 Å². The van der Waals surface area contributed by atoms with Crippen LogP contribution in [-0.2, 0) is 6.42 Å². The first-order valence-electron chi connectivity index (χ1n) is 6.12. The van der Waals surface area contributed by atoms with E-state index in [0.717, 1.165) is 23.8 Å². The molecule has 0 spiro atoms. The molecule has 19 heavy (non-hydrogen) atoms. The Kier molecular flexibility index (Phi) is 3.05. The minimum Gasteiger partial charge on any atom is -0.384 e. The lowest BCUT2D eigenvalue weighted by molar-refractivity contribution is 0.948. The molecule has 0 saturated heterocycles. The van der Waals surface area contributed by atoms with Crippen LogP contribution in [0.4, 0.5) is 17.3 Å². The highest BCUT2D eigenvalue weighted by Gasteiger charge is 2.03. The summed E-state index contributed by atoms with van der Waals surface area (Å²) in [6.07, 6.45) is 0.767. The van der Waals surface area contributed by atoms with Crippen LogP contribution in [0.15, 0.2) is 35.7 Å². The van der Waals surface area contributed by atoms with Gasteiger partial charge >= 0.3 is 0 Å². The molecule has 0 fully saturated rings. The molecule has 4 nitrogen and oxygen atoms in total. The smallest absolute Gasteiger partial charge is 0.136 e. The van der Waals surface area contributed by atoms with Crippen molar-refractivity contribution in [1.29, 1.82) is 0 Å². The van der Waals surface area contributed by atoms with Gasteiger partial charge in [-0.1, -0.05) is 6.92 Å². The molecular weight excluding hydrogens is 256 g/mol. The maximum absolute atomic E-state index is 5.77. The van der Waals surface area contributed by atoms with Crippen LogP contribution in [0.3, 0.4) is 0 Å². The average molecular weight is 270 g/mol. The molecule has 3 N–H and O–H groups in total. The summed E-state index contributed by atoms with van der Waals surface area (Å²) < 4.78 is 1.28. The van der Waals surface area contributed by atoms with Crippen molar-refractivity contribution in [3.63, 3.8) is 0 Å². The standard InChI is InChI=1S/C14H14N4S/c1-2-13-17-12(15)8-14(18-13)16-10-3-4-11-9(7-10)5-6-19-11/h3-8H,2H2,1H3,(H3,15,16,17,18). The van der Waals surface area contributed by atoms with E-state index in [1.165, 1.54) is 10.1 Å². The van der Waals surface area contributed by atoms with Gasteiger partial charge in [-0.15, -0.1) is 11.3 Å². The van der Waals surface area contributed by atoms with Gasteiger partial charge < -0.3 is 11.1 Å². The number of nitrogens with one attached hydrogen (secondary N) is 1. The number of hydrogen-bond acceptors (Lipinski definition) is 5. The number of rotatable bonds is 3. The molecule has 96 valence electrons. The van der Waals surface area contributed by atoms with E-state index in [0.29, 0.717) is 5.82 Å². The quantitative estimate of drug-likeness (QED) is 0.763. The van der Waals surface area contributed by atoms with Gasteiger partial charge in [0.2, 0.25) is 0 Å². The van der Waals surface area contributed by atoms with Gasteiger partial charge in [-0.2, -0.15) is 0 Å². The summed E-state index contributed by atoms with van der Waals surface area (Å²) in [5.74, 6) is 1.98. The molecule has 0 aliphatic rings. The van der Waals surface area contributed by atoms with E-state index < -0.39 is 0 Å². The molecule has 0 radical (unpaired) electrons. The monoisotopic (exact) mass is 270 g/mol. The van der Waals surface area contributed by atoms with Crippen LogP contribution in [0.2, 0.25) is 0 Å². The number of anilines is 3. The molecule has 2 aromatic heterocycles. The maximum Gasteiger partial charge on any atom is 0.136 e. The summed E-state index contributed by atoms with van der Waals surface area (Å²) in [5.41, 5.74) is 6.78. The second-order valence-corrected chi connectivity index (χ2v) is 5.19. The highest BCUT2D eigenvalue weighted by Crippen LogP contribution is 2.25. The zero-order valence-corrected chi connectivity index (χ0v) is 11.4. The van der Waals surface area contributed by atoms with Crippen molar-refractivity contribution in [2.75, 3.05) is 11.1 Å². The Morgan fingerprint density at radius 1 is 1.21 bits per heavy atom. The van der Waals surface area contributed by atoms with E-state index >= 15 is 0 Å². The maximum atomic E-state index is 5.77. The number of benzene rings is 1. The second kappa shape index (κ2) is 4.85. The van der Waals surface area contributed by atoms with Gasteiger partial charge in [-0.3, -0.25) is 0 Å². The fourth-order valence-corrected chi connectivity index (χ4v) is 2.70. The Morgan fingerprint density at radius 2 is 2.11 bits per heavy atom. The summed E-state index contributed by atoms with van der Waals surface area (Å²) in [4.78, 5) is 8.58. The molecule has 0 atom stereocenters. The summed E-state index contributed by atoms with van der Waals surface area (Å²) in [7, 11) is 0. The number of fused-ring (bicyclic) bond motifs is 1. The van der Waals surface area contributed by atoms with Crippen molar-refractivity contribution in [2.24, 2.45) is 0 Å². The predicted molar refractivity (Wildman–Crippen MR) is 80.9 cm³/mol. The first-order valence-corrected chi connectivity index (χ1v) is 7.00. The molecule has 3 aromatic rings. The molecular formula is C14H14N4S. The summed E-state index contributed by atoms with van der Waals surface area (Å²) in [6, 6.07) is 10.1. The Hall–Kier alpha value is -2.14. The van der Waals surface area contributed by atoms with Crippen molar-refractivity contribution in [2.45, 2.75) is 13.3 Å². The topological polar surface area (TPSA) is 63.8 Å². The van der Waals surface area contributed by atoms with E-state index in [2.05, 4.69) is 38.9 Å². The second-order valence-electron chi connectivity index (χ2n) is 4.25. The van der Waals surface area contributed by atoms with Gasteiger partial charge in [0.1, 0.15) is 17.5 Å². The Labute approximate surface area is 115 Å². The average Bonchev–Trinajstić information content (AvgIpc) is 2.85. The number of thiophene rings is 1. The Bertz CT molecular complexity index is 720. The van der Waals surface area contributed by atoms with Crippen LogP contribution < -0.4 is 11.1 Å². The molecule has 0 aliphatic heterocycles. The van der Waals surface area contributed by atoms with Crippen LogP contribution in [-0.4, -0.2) is 9.97 Å². The number of nitrogen functional groups attached to an aromatic ring is 1.